The summed E-state index contributed by atoms with van der Waals surface area (Å²) in [5.41, 5.74) is 0.362. The molecule has 1 N–H and O–H groups in total. The van der Waals surface area contributed by atoms with Crippen LogP contribution in [0, 0.1) is 0 Å². The summed E-state index contributed by atoms with van der Waals surface area (Å²) in [6.07, 6.45) is 2.35. The average molecular weight is 450 g/mol. The minimum absolute atomic E-state index is 0.0997. The fraction of sp³-hybridized carbons (Fsp3) is 0.500. The standard InChI is InChI=1S/C22H31N3O3S2/c1-4-25(5-2)30(27,28)19-11-8-10-18(16-19)22(26)23-17(3)21(20-12-9-15-29-20)24-13-6-7-14-24/h8-12,15-17,21H,4-7,13-14H2,1-3H3,(H,23,26)/t17-,21-/m0/s1. The number of nitrogens with one attached hydrogen (secondary N) is 1. The van der Waals surface area contributed by atoms with Crippen LogP contribution in [0.1, 0.15) is 54.9 Å². The molecule has 1 amide bonds. The second kappa shape index (κ2) is 10.0. The summed E-state index contributed by atoms with van der Waals surface area (Å²) in [6.45, 7) is 8.48. The molecule has 0 saturated carbocycles. The average Bonchev–Trinajstić information content (AvgIpc) is 3.44. The SMILES string of the molecule is CCN(CC)S(=O)(=O)c1cccc(C(=O)N[C@@H](C)[C@@H](c2cccs2)N2CCCC2)c1. The van der Waals surface area contributed by atoms with E-state index in [-0.39, 0.29) is 22.9 Å². The first kappa shape index (κ1) is 22.9. The number of rotatable bonds is 9. The van der Waals surface area contributed by atoms with Crippen molar-refractivity contribution in [2.24, 2.45) is 0 Å². The number of carbonyl (C=O) groups is 1. The van der Waals surface area contributed by atoms with E-state index in [1.807, 2.05) is 26.8 Å². The summed E-state index contributed by atoms with van der Waals surface area (Å²) in [5.74, 6) is -0.250. The number of hydrogen-bond donors (Lipinski definition) is 1. The van der Waals surface area contributed by atoms with Gasteiger partial charge in [0.2, 0.25) is 10.0 Å². The second-order valence-electron chi connectivity index (χ2n) is 7.58. The van der Waals surface area contributed by atoms with E-state index in [1.54, 1.807) is 29.5 Å². The molecule has 0 bridgehead atoms. The molecule has 164 valence electrons. The van der Waals surface area contributed by atoms with Crippen LogP contribution in [-0.2, 0) is 10.0 Å². The second-order valence-corrected chi connectivity index (χ2v) is 10.5. The Morgan fingerprint density at radius 1 is 1.17 bits per heavy atom. The van der Waals surface area contributed by atoms with Crippen molar-refractivity contribution in [3.05, 3.63) is 52.2 Å². The van der Waals surface area contributed by atoms with Crippen molar-refractivity contribution in [3.63, 3.8) is 0 Å². The van der Waals surface area contributed by atoms with Crippen molar-refractivity contribution >= 4 is 27.3 Å². The van der Waals surface area contributed by atoms with Crippen LogP contribution in [0.15, 0.2) is 46.7 Å². The van der Waals surface area contributed by atoms with Crippen LogP contribution in [0.2, 0.25) is 0 Å². The third-order valence-corrected chi connectivity index (χ3v) is 8.63. The first-order chi connectivity index (χ1) is 14.4. The summed E-state index contributed by atoms with van der Waals surface area (Å²) in [7, 11) is -3.60. The molecule has 2 heterocycles. The molecule has 2 atom stereocenters. The molecule has 3 rings (SSSR count). The van der Waals surface area contributed by atoms with Gasteiger partial charge in [0.15, 0.2) is 0 Å². The molecule has 1 aromatic carbocycles. The Morgan fingerprint density at radius 3 is 2.47 bits per heavy atom. The molecule has 2 aromatic rings. The topological polar surface area (TPSA) is 69.7 Å². The highest BCUT2D eigenvalue weighted by molar-refractivity contribution is 7.89. The number of thiophene rings is 1. The van der Waals surface area contributed by atoms with Crippen molar-refractivity contribution in [3.8, 4) is 0 Å². The van der Waals surface area contributed by atoms with E-state index in [1.165, 1.54) is 28.1 Å². The maximum atomic E-state index is 13.0. The zero-order chi connectivity index (χ0) is 21.7. The van der Waals surface area contributed by atoms with Gasteiger partial charge >= 0.3 is 0 Å². The third-order valence-electron chi connectivity index (χ3n) is 5.64. The number of benzene rings is 1. The number of nitrogens with zero attached hydrogens (tertiary/aromatic N) is 2. The van der Waals surface area contributed by atoms with Crippen LogP contribution in [0.25, 0.3) is 0 Å². The van der Waals surface area contributed by atoms with Crippen LogP contribution in [0.5, 0.6) is 0 Å². The van der Waals surface area contributed by atoms with E-state index in [9.17, 15) is 13.2 Å². The molecule has 1 saturated heterocycles. The molecule has 0 aliphatic carbocycles. The monoisotopic (exact) mass is 449 g/mol. The predicted molar refractivity (Wildman–Crippen MR) is 121 cm³/mol. The first-order valence-corrected chi connectivity index (χ1v) is 12.9. The lowest BCUT2D eigenvalue weighted by Crippen LogP contribution is -2.43. The summed E-state index contributed by atoms with van der Waals surface area (Å²) in [6, 6.07) is 10.5. The summed E-state index contributed by atoms with van der Waals surface area (Å²) >= 11 is 1.71. The number of sulfonamides is 1. The van der Waals surface area contributed by atoms with E-state index in [2.05, 4.69) is 21.7 Å². The first-order valence-electron chi connectivity index (χ1n) is 10.6. The molecule has 1 aliphatic heterocycles. The zero-order valence-corrected chi connectivity index (χ0v) is 19.5. The van der Waals surface area contributed by atoms with Crippen LogP contribution in [0.4, 0.5) is 0 Å². The van der Waals surface area contributed by atoms with Gasteiger partial charge in [0.1, 0.15) is 0 Å². The Balaban J connectivity index is 1.80. The molecule has 1 fully saturated rings. The van der Waals surface area contributed by atoms with Gasteiger partial charge in [0.05, 0.1) is 10.9 Å². The van der Waals surface area contributed by atoms with Crippen LogP contribution in [-0.4, -0.2) is 55.8 Å². The van der Waals surface area contributed by atoms with Crippen molar-refractivity contribution in [2.45, 2.75) is 50.6 Å². The maximum Gasteiger partial charge on any atom is 0.251 e. The number of hydrogen-bond acceptors (Lipinski definition) is 5. The van der Waals surface area contributed by atoms with Gasteiger partial charge in [-0.25, -0.2) is 8.42 Å². The highest BCUT2D eigenvalue weighted by Gasteiger charge is 2.30. The van der Waals surface area contributed by atoms with E-state index in [4.69, 9.17) is 0 Å². The summed E-state index contributed by atoms with van der Waals surface area (Å²) in [5, 5.41) is 5.18. The molecule has 0 unspecified atom stereocenters. The van der Waals surface area contributed by atoms with Crippen molar-refractivity contribution in [1.82, 2.24) is 14.5 Å². The highest BCUT2D eigenvalue weighted by Crippen LogP contribution is 2.31. The van der Waals surface area contributed by atoms with Gasteiger partial charge in [-0.3, -0.25) is 9.69 Å². The summed E-state index contributed by atoms with van der Waals surface area (Å²) in [4.78, 5) is 16.8. The molecule has 0 spiro atoms. The zero-order valence-electron chi connectivity index (χ0n) is 17.9. The van der Waals surface area contributed by atoms with Gasteiger partial charge in [-0.2, -0.15) is 4.31 Å². The number of likely N-dealkylation sites (tertiary alicyclic amines) is 1. The molecule has 30 heavy (non-hydrogen) atoms. The van der Waals surface area contributed by atoms with E-state index in [0.717, 1.165) is 13.1 Å². The lowest BCUT2D eigenvalue weighted by atomic mass is 10.1. The van der Waals surface area contributed by atoms with Crippen molar-refractivity contribution < 1.29 is 13.2 Å². The lowest BCUT2D eigenvalue weighted by Gasteiger charge is -2.32. The fourth-order valence-electron chi connectivity index (χ4n) is 4.10. The van der Waals surface area contributed by atoms with Crippen molar-refractivity contribution in [2.75, 3.05) is 26.2 Å². The van der Waals surface area contributed by atoms with E-state index >= 15 is 0 Å². The van der Waals surface area contributed by atoms with Crippen molar-refractivity contribution in [1.29, 1.82) is 0 Å². The number of carbonyl (C=O) groups excluding carboxylic acids is 1. The normalized spacial score (nSPS) is 17.2. The third kappa shape index (κ3) is 4.94. The van der Waals surface area contributed by atoms with Gasteiger partial charge in [-0.1, -0.05) is 26.0 Å². The van der Waals surface area contributed by atoms with Crippen LogP contribution in [0.3, 0.4) is 0 Å². The van der Waals surface area contributed by atoms with Gasteiger partial charge in [0.25, 0.3) is 5.91 Å². The Hall–Kier alpha value is -1.74. The molecule has 8 heteroatoms. The smallest absolute Gasteiger partial charge is 0.251 e. The van der Waals surface area contributed by atoms with Crippen LogP contribution >= 0.6 is 11.3 Å². The fourth-order valence-corrected chi connectivity index (χ4v) is 6.57. The molecular formula is C22H31N3O3S2. The molecule has 6 nitrogen and oxygen atoms in total. The minimum atomic E-state index is -3.60. The highest BCUT2D eigenvalue weighted by atomic mass is 32.2. The van der Waals surface area contributed by atoms with Crippen LogP contribution < -0.4 is 5.32 Å². The maximum absolute atomic E-state index is 13.0. The lowest BCUT2D eigenvalue weighted by molar-refractivity contribution is 0.0907. The van der Waals surface area contributed by atoms with Gasteiger partial charge < -0.3 is 5.32 Å². The molecule has 1 aromatic heterocycles. The predicted octanol–water partition coefficient (Wildman–Crippen LogP) is 3.73. The molecule has 1 aliphatic rings. The van der Waals surface area contributed by atoms with Gasteiger partial charge in [-0.05, 0) is 62.5 Å². The van der Waals surface area contributed by atoms with Gasteiger partial charge in [0, 0.05) is 29.6 Å². The molecule has 0 radical (unpaired) electrons. The van der Waals surface area contributed by atoms with E-state index in [0.29, 0.717) is 18.7 Å². The Morgan fingerprint density at radius 2 is 1.87 bits per heavy atom. The Labute approximate surface area is 183 Å². The minimum Gasteiger partial charge on any atom is -0.348 e. The quantitative estimate of drug-likeness (QED) is 0.633. The van der Waals surface area contributed by atoms with Gasteiger partial charge in [-0.15, -0.1) is 11.3 Å². The Bertz CT molecular complexity index is 934. The summed E-state index contributed by atoms with van der Waals surface area (Å²) < 4.78 is 27.0. The number of amides is 1. The Kier molecular flexibility index (Phi) is 7.68. The largest absolute Gasteiger partial charge is 0.348 e. The molecular weight excluding hydrogens is 418 g/mol. The van der Waals surface area contributed by atoms with E-state index < -0.39 is 10.0 Å².